The molecule has 0 heterocycles. The van der Waals surface area contributed by atoms with E-state index in [0.717, 1.165) is 17.5 Å². The first-order valence-electron chi connectivity index (χ1n) is 5.80. The van der Waals surface area contributed by atoms with Crippen LogP contribution in [0, 0.1) is 6.92 Å². The Kier molecular flexibility index (Phi) is 3.64. The molecule has 0 aliphatic heterocycles. The second kappa shape index (κ2) is 4.46. The monoisotopic (exact) mass is 221 g/mol. The molecule has 2 heteroatoms. The van der Waals surface area contributed by atoms with Crippen LogP contribution in [-0.2, 0) is 11.8 Å². The van der Waals surface area contributed by atoms with Gasteiger partial charge in [0.25, 0.3) is 0 Å². The lowest BCUT2D eigenvalue weighted by atomic mass is 9.83. The minimum Gasteiger partial charge on any atom is -0.507 e. The summed E-state index contributed by atoms with van der Waals surface area (Å²) in [5.41, 5.74) is 8.91. The average Bonchev–Trinajstić information content (AvgIpc) is 2.08. The highest BCUT2D eigenvalue weighted by Crippen LogP contribution is 2.34. The van der Waals surface area contributed by atoms with Gasteiger partial charge >= 0.3 is 0 Å². The SMILES string of the molecule is Cc1cc(CC(C)N)cc(C(C)(C)C)c1O. The van der Waals surface area contributed by atoms with E-state index < -0.39 is 0 Å². The summed E-state index contributed by atoms with van der Waals surface area (Å²) in [7, 11) is 0. The molecule has 1 aromatic rings. The van der Waals surface area contributed by atoms with Crippen LogP contribution in [0.15, 0.2) is 12.1 Å². The summed E-state index contributed by atoms with van der Waals surface area (Å²) in [4.78, 5) is 0. The van der Waals surface area contributed by atoms with E-state index in [2.05, 4.69) is 26.8 Å². The van der Waals surface area contributed by atoms with Crippen LogP contribution in [0.4, 0.5) is 0 Å². The Morgan fingerprint density at radius 1 is 1.31 bits per heavy atom. The molecule has 0 bridgehead atoms. The maximum atomic E-state index is 10.1. The standard InChI is InChI=1S/C14H23NO/c1-9-6-11(7-10(2)15)8-12(13(9)16)14(3,4)5/h6,8,10,16H,7,15H2,1-5H3. The quantitative estimate of drug-likeness (QED) is 0.806. The molecule has 0 fully saturated rings. The summed E-state index contributed by atoms with van der Waals surface area (Å²) in [5, 5.41) is 10.1. The van der Waals surface area contributed by atoms with Crippen LogP contribution in [0.1, 0.15) is 44.4 Å². The lowest BCUT2D eigenvalue weighted by Gasteiger charge is -2.23. The van der Waals surface area contributed by atoms with Crippen LogP contribution in [0.3, 0.4) is 0 Å². The molecule has 0 aliphatic rings. The number of benzene rings is 1. The van der Waals surface area contributed by atoms with Crippen LogP contribution in [0.5, 0.6) is 5.75 Å². The van der Waals surface area contributed by atoms with Crippen molar-refractivity contribution >= 4 is 0 Å². The van der Waals surface area contributed by atoms with E-state index in [1.165, 1.54) is 5.56 Å². The highest BCUT2D eigenvalue weighted by Gasteiger charge is 2.20. The number of phenols is 1. The second-order valence-corrected chi connectivity index (χ2v) is 5.74. The minimum atomic E-state index is -0.0390. The number of hydrogen-bond acceptors (Lipinski definition) is 2. The first-order chi connectivity index (χ1) is 7.21. The zero-order valence-corrected chi connectivity index (χ0v) is 11.0. The van der Waals surface area contributed by atoms with Gasteiger partial charge in [-0.3, -0.25) is 0 Å². The van der Waals surface area contributed by atoms with Gasteiger partial charge in [-0.25, -0.2) is 0 Å². The second-order valence-electron chi connectivity index (χ2n) is 5.74. The van der Waals surface area contributed by atoms with Crippen molar-refractivity contribution in [3.63, 3.8) is 0 Å². The Bertz CT molecular complexity index is 375. The van der Waals surface area contributed by atoms with Gasteiger partial charge in [0.2, 0.25) is 0 Å². The molecule has 0 amide bonds. The van der Waals surface area contributed by atoms with Crippen LogP contribution in [-0.4, -0.2) is 11.1 Å². The molecule has 1 aromatic carbocycles. The number of aryl methyl sites for hydroxylation is 1. The molecule has 0 radical (unpaired) electrons. The van der Waals surface area contributed by atoms with Crippen molar-refractivity contribution in [2.45, 2.75) is 52.5 Å². The molecule has 16 heavy (non-hydrogen) atoms. The molecule has 1 unspecified atom stereocenters. The highest BCUT2D eigenvalue weighted by atomic mass is 16.3. The largest absolute Gasteiger partial charge is 0.507 e. The maximum Gasteiger partial charge on any atom is 0.122 e. The van der Waals surface area contributed by atoms with Gasteiger partial charge in [-0.1, -0.05) is 32.9 Å². The Balaban J connectivity index is 3.23. The van der Waals surface area contributed by atoms with Crippen molar-refractivity contribution in [2.24, 2.45) is 5.73 Å². The van der Waals surface area contributed by atoms with Crippen molar-refractivity contribution in [3.8, 4) is 5.75 Å². The van der Waals surface area contributed by atoms with E-state index in [9.17, 15) is 5.11 Å². The Morgan fingerprint density at radius 2 is 1.88 bits per heavy atom. The minimum absolute atomic E-state index is 0.0390. The molecule has 0 aromatic heterocycles. The number of hydrogen-bond donors (Lipinski definition) is 2. The van der Waals surface area contributed by atoms with Crippen molar-refractivity contribution < 1.29 is 5.11 Å². The molecule has 0 aliphatic carbocycles. The summed E-state index contributed by atoms with van der Waals surface area (Å²) >= 11 is 0. The molecular formula is C14H23NO. The third kappa shape index (κ3) is 2.99. The van der Waals surface area contributed by atoms with Crippen molar-refractivity contribution in [2.75, 3.05) is 0 Å². The predicted octanol–water partition coefficient (Wildman–Crippen LogP) is 2.89. The van der Waals surface area contributed by atoms with Crippen LogP contribution in [0.25, 0.3) is 0 Å². The zero-order valence-electron chi connectivity index (χ0n) is 11.0. The van der Waals surface area contributed by atoms with Crippen molar-refractivity contribution in [1.29, 1.82) is 0 Å². The maximum absolute atomic E-state index is 10.1. The zero-order chi connectivity index (χ0) is 12.5. The van der Waals surface area contributed by atoms with E-state index in [1.807, 2.05) is 19.9 Å². The fraction of sp³-hybridized carbons (Fsp3) is 0.571. The average molecular weight is 221 g/mol. The molecular weight excluding hydrogens is 198 g/mol. The topological polar surface area (TPSA) is 46.2 Å². The first-order valence-corrected chi connectivity index (χ1v) is 5.80. The van der Waals surface area contributed by atoms with Crippen LogP contribution < -0.4 is 5.73 Å². The van der Waals surface area contributed by atoms with Crippen molar-refractivity contribution in [3.05, 3.63) is 28.8 Å². The fourth-order valence-electron chi connectivity index (χ4n) is 1.92. The Hall–Kier alpha value is -1.02. The molecule has 0 saturated heterocycles. The van der Waals surface area contributed by atoms with Gasteiger partial charge in [-0.15, -0.1) is 0 Å². The number of aromatic hydroxyl groups is 1. The van der Waals surface area contributed by atoms with E-state index in [-0.39, 0.29) is 11.5 Å². The lowest BCUT2D eigenvalue weighted by molar-refractivity contribution is 0.442. The Labute approximate surface area is 98.5 Å². The Morgan fingerprint density at radius 3 is 2.31 bits per heavy atom. The first kappa shape index (κ1) is 13.0. The van der Waals surface area contributed by atoms with E-state index in [4.69, 9.17) is 5.73 Å². The molecule has 2 nitrogen and oxygen atoms in total. The summed E-state index contributed by atoms with van der Waals surface area (Å²) in [6, 6.07) is 4.25. The van der Waals surface area contributed by atoms with Gasteiger partial charge in [0.05, 0.1) is 0 Å². The van der Waals surface area contributed by atoms with E-state index >= 15 is 0 Å². The smallest absolute Gasteiger partial charge is 0.122 e. The molecule has 3 N–H and O–H groups in total. The normalized spacial score (nSPS) is 13.9. The van der Waals surface area contributed by atoms with E-state index in [0.29, 0.717) is 5.75 Å². The van der Waals surface area contributed by atoms with Gasteiger partial charge in [-0.2, -0.15) is 0 Å². The number of rotatable bonds is 2. The van der Waals surface area contributed by atoms with Crippen LogP contribution in [0.2, 0.25) is 0 Å². The summed E-state index contributed by atoms with van der Waals surface area (Å²) in [6.07, 6.45) is 0.851. The van der Waals surface area contributed by atoms with Crippen LogP contribution >= 0.6 is 0 Å². The van der Waals surface area contributed by atoms with Gasteiger partial charge in [0.1, 0.15) is 5.75 Å². The molecule has 1 rings (SSSR count). The predicted molar refractivity (Wildman–Crippen MR) is 68.9 cm³/mol. The summed E-state index contributed by atoms with van der Waals surface area (Å²) < 4.78 is 0. The third-order valence-corrected chi connectivity index (χ3v) is 2.73. The van der Waals surface area contributed by atoms with Gasteiger partial charge in [0, 0.05) is 6.04 Å². The van der Waals surface area contributed by atoms with Gasteiger partial charge in [0.15, 0.2) is 0 Å². The number of phenolic OH excluding ortho intramolecular Hbond substituents is 1. The molecule has 90 valence electrons. The summed E-state index contributed by atoms with van der Waals surface area (Å²) in [6.45, 7) is 10.3. The molecule has 0 spiro atoms. The fourth-order valence-corrected chi connectivity index (χ4v) is 1.92. The molecule has 1 atom stereocenters. The van der Waals surface area contributed by atoms with Gasteiger partial charge in [-0.05, 0) is 42.4 Å². The van der Waals surface area contributed by atoms with Crippen molar-refractivity contribution in [1.82, 2.24) is 0 Å². The molecule has 0 saturated carbocycles. The summed E-state index contributed by atoms with van der Waals surface area (Å²) in [5.74, 6) is 0.418. The number of nitrogens with two attached hydrogens (primary N) is 1. The van der Waals surface area contributed by atoms with Gasteiger partial charge < -0.3 is 10.8 Å². The highest BCUT2D eigenvalue weighted by molar-refractivity contribution is 5.46. The van der Waals surface area contributed by atoms with E-state index in [1.54, 1.807) is 0 Å². The third-order valence-electron chi connectivity index (χ3n) is 2.73. The lowest BCUT2D eigenvalue weighted by Crippen LogP contribution is -2.19.